The zero-order chi connectivity index (χ0) is 15.4. The average molecular weight is 308 g/mol. The summed E-state index contributed by atoms with van der Waals surface area (Å²) in [5, 5.41) is 0.823. The molecule has 0 fully saturated rings. The number of nitrogens with zero attached hydrogens (tertiary/aromatic N) is 3. The first-order chi connectivity index (χ1) is 10.0. The fourth-order valence-electron chi connectivity index (χ4n) is 1.82. The fourth-order valence-corrected chi connectivity index (χ4v) is 2.74. The summed E-state index contributed by atoms with van der Waals surface area (Å²) in [6, 6.07) is 1.46. The molecule has 2 N–H and O–H groups in total. The highest BCUT2D eigenvalue weighted by molar-refractivity contribution is 7.98. The van der Waals surface area contributed by atoms with Gasteiger partial charge in [-0.2, -0.15) is 0 Å². The van der Waals surface area contributed by atoms with Gasteiger partial charge in [0.1, 0.15) is 6.54 Å². The zero-order valence-electron chi connectivity index (χ0n) is 11.8. The molecule has 0 saturated heterocycles. The first-order valence-corrected chi connectivity index (χ1v) is 7.15. The van der Waals surface area contributed by atoms with Gasteiger partial charge < -0.3 is 19.6 Å². The molecule has 2 rings (SSSR count). The second kappa shape index (κ2) is 6.49. The molecule has 0 spiro atoms. The number of aryl methyl sites for hydroxylation is 1. The second-order valence-electron chi connectivity index (χ2n) is 4.40. The number of nitrogens with two attached hydrogens (primary N) is 1. The lowest BCUT2D eigenvalue weighted by Gasteiger charge is -2.13. The molecule has 0 radical (unpaired) electrons. The van der Waals surface area contributed by atoms with Crippen molar-refractivity contribution < 1.29 is 9.53 Å². The van der Waals surface area contributed by atoms with Gasteiger partial charge in [-0.25, -0.2) is 4.98 Å². The Bertz CT molecular complexity index is 708. The molecule has 0 bridgehead atoms. The maximum atomic E-state index is 11.9. The lowest BCUT2D eigenvalue weighted by molar-refractivity contribution is -0.118. The van der Waals surface area contributed by atoms with Crippen molar-refractivity contribution in [1.82, 2.24) is 14.1 Å². The molecule has 0 aliphatic heterocycles. The van der Waals surface area contributed by atoms with E-state index in [1.165, 1.54) is 31.1 Å². The number of carbonyl (C=O) groups excluding carboxylic acids is 1. The molecule has 0 aliphatic carbocycles. The molecule has 0 saturated carbocycles. The Morgan fingerprint density at radius 1 is 1.52 bits per heavy atom. The highest BCUT2D eigenvalue weighted by Crippen LogP contribution is 2.20. The van der Waals surface area contributed by atoms with Crippen LogP contribution in [-0.2, 0) is 24.1 Å². The molecule has 0 unspecified atom stereocenters. The molecular formula is C13H16N4O3S. The molecule has 2 aromatic heterocycles. The van der Waals surface area contributed by atoms with Crippen LogP contribution in [0.2, 0.25) is 0 Å². The summed E-state index contributed by atoms with van der Waals surface area (Å²) in [5.41, 5.74) is 5.70. The normalized spacial score (nSPS) is 10.6. The predicted molar refractivity (Wildman–Crippen MR) is 79.2 cm³/mol. The van der Waals surface area contributed by atoms with Gasteiger partial charge in [0.25, 0.3) is 0 Å². The van der Waals surface area contributed by atoms with Gasteiger partial charge >= 0.3 is 0 Å². The third-order valence-electron chi connectivity index (χ3n) is 2.85. The molecule has 8 heteroatoms. The number of aromatic nitrogens is 3. The molecule has 0 atom stereocenters. The SMILES string of the molecule is COc1cn(CC(N)=O)c(CSc2nccn2C)cc1=O. The average Bonchev–Trinajstić information content (AvgIpc) is 2.83. The van der Waals surface area contributed by atoms with Crippen LogP contribution in [0.4, 0.5) is 0 Å². The van der Waals surface area contributed by atoms with Gasteiger partial charge in [0.05, 0.1) is 13.3 Å². The molecule has 2 heterocycles. The Kier molecular flexibility index (Phi) is 4.69. The molecule has 112 valence electrons. The van der Waals surface area contributed by atoms with Crippen LogP contribution >= 0.6 is 11.8 Å². The van der Waals surface area contributed by atoms with E-state index in [9.17, 15) is 9.59 Å². The predicted octanol–water partition coefficient (Wildman–Crippen LogP) is 0.368. The lowest BCUT2D eigenvalue weighted by atomic mass is 10.3. The van der Waals surface area contributed by atoms with Gasteiger partial charge in [0, 0.05) is 37.0 Å². The van der Waals surface area contributed by atoms with Crippen molar-refractivity contribution in [3.63, 3.8) is 0 Å². The van der Waals surface area contributed by atoms with E-state index in [-0.39, 0.29) is 17.7 Å². The summed E-state index contributed by atoms with van der Waals surface area (Å²) in [4.78, 5) is 27.2. The van der Waals surface area contributed by atoms with Crippen molar-refractivity contribution in [1.29, 1.82) is 0 Å². The van der Waals surface area contributed by atoms with Crippen molar-refractivity contribution in [2.45, 2.75) is 17.5 Å². The van der Waals surface area contributed by atoms with Crippen molar-refractivity contribution >= 4 is 17.7 Å². The summed E-state index contributed by atoms with van der Waals surface area (Å²) in [7, 11) is 3.30. The van der Waals surface area contributed by atoms with Crippen molar-refractivity contribution in [2.24, 2.45) is 12.8 Å². The number of methoxy groups -OCH3 is 1. The van der Waals surface area contributed by atoms with Gasteiger partial charge in [-0.3, -0.25) is 9.59 Å². The van der Waals surface area contributed by atoms with Gasteiger partial charge in [0.15, 0.2) is 10.9 Å². The van der Waals surface area contributed by atoms with E-state index in [2.05, 4.69) is 4.98 Å². The highest BCUT2D eigenvalue weighted by atomic mass is 32.2. The lowest BCUT2D eigenvalue weighted by Crippen LogP contribution is -2.22. The monoisotopic (exact) mass is 308 g/mol. The molecule has 2 aromatic rings. The number of imidazole rings is 1. The van der Waals surface area contributed by atoms with Gasteiger partial charge in [0.2, 0.25) is 11.3 Å². The fraction of sp³-hybridized carbons (Fsp3) is 0.308. The Labute approximate surface area is 125 Å². The van der Waals surface area contributed by atoms with Crippen LogP contribution in [0.5, 0.6) is 5.75 Å². The number of thioether (sulfide) groups is 1. The van der Waals surface area contributed by atoms with Crippen LogP contribution in [0.1, 0.15) is 5.69 Å². The van der Waals surface area contributed by atoms with Crippen LogP contribution < -0.4 is 15.9 Å². The van der Waals surface area contributed by atoms with E-state index in [0.717, 1.165) is 5.16 Å². The van der Waals surface area contributed by atoms with E-state index in [1.807, 2.05) is 17.8 Å². The van der Waals surface area contributed by atoms with Crippen LogP contribution in [0.25, 0.3) is 0 Å². The Morgan fingerprint density at radius 2 is 2.29 bits per heavy atom. The molecule has 21 heavy (non-hydrogen) atoms. The molecule has 0 aromatic carbocycles. The number of hydrogen-bond acceptors (Lipinski definition) is 5. The molecule has 1 amide bonds. The smallest absolute Gasteiger partial charge is 0.237 e. The number of hydrogen-bond donors (Lipinski definition) is 1. The summed E-state index contributed by atoms with van der Waals surface area (Å²) in [5.74, 6) is 0.197. The first-order valence-electron chi connectivity index (χ1n) is 6.17. The van der Waals surface area contributed by atoms with E-state index in [0.29, 0.717) is 11.4 Å². The summed E-state index contributed by atoms with van der Waals surface area (Å²) < 4.78 is 8.49. The third kappa shape index (κ3) is 3.66. The quantitative estimate of drug-likeness (QED) is 0.778. The van der Waals surface area contributed by atoms with Crippen LogP contribution in [0.15, 0.2) is 34.6 Å². The minimum absolute atomic E-state index is 0.00685. The Hall–Kier alpha value is -2.22. The number of amides is 1. The van der Waals surface area contributed by atoms with Crippen molar-refractivity contribution in [3.8, 4) is 5.75 Å². The van der Waals surface area contributed by atoms with Gasteiger partial charge in [-0.15, -0.1) is 0 Å². The maximum Gasteiger partial charge on any atom is 0.237 e. The van der Waals surface area contributed by atoms with E-state index in [4.69, 9.17) is 10.5 Å². The Balaban J connectivity index is 2.28. The molecule has 7 nitrogen and oxygen atoms in total. The second-order valence-corrected chi connectivity index (χ2v) is 5.34. The standard InChI is InChI=1S/C13H16N4O3S/c1-16-4-3-15-13(16)21-8-9-5-10(18)11(20-2)6-17(9)7-12(14)19/h3-6H,7-8H2,1-2H3,(H2,14,19). The molecular weight excluding hydrogens is 292 g/mol. The maximum absolute atomic E-state index is 11.9. The first kappa shape index (κ1) is 15.2. The topological polar surface area (TPSA) is 92.1 Å². The molecule has 0 aliphatic rings. The Morgan fingerprint density at radius 3 is 2.86 bits per heavy atom. The van der Waals surface area contributed by atoms with E-state index in [1.54, 1.807) is 10.8 Å². The van der Waals surface area contributed by atoms with E-state index < -0.39 is 5.91 Å². The largest absolute Gasteiger partial charge is 0.491 e. The van der Waals surface area contributed by atoms with Crippen LogP contribution in [-0.4, -0.2) is 27.1 Å². The minimum atomic E-state index is -0.482. The van der Waals surface area contributed by atoms with Gasteiger partial charge in [-0.05, 0) is 0 Å². The summed E-state index contributed by atoms with van der Waals surface area (Å²) >= 11 is 1.47. The number of ether oxygens (including phenoxy) is 1. The van der Waals surface area contributed by atoms with Crippen molar-refractivity contribution in [3.05, 3.63) is 40.6 Å². The summed E-state index contributed by atoms with van der Waals surface area (Å²) in [6.45, 7) is -0.00685. The van der Waals surface area contributed by atoms with E-state index >= 15 is 0 Å². The summed E-state index contributed by atoms with van der Waals surface area (Å²) in [6.07, 6.45) is 5.04. The zero-order valence-corrected chi connectivity index (χ0v) is 12.6. The van der Waals surface area contributed by atoms with Crippen molar-refractivity contribution in [2.75, 3.05) is 7.11 Å². The third-order valence-corrected chi connectivity index (χ3v) is 3.95. The minimum Gasteiger partial charge on any atom is -0.491 e. The number of carbonyl (C=O) groups is 1. The number of pyridine rings is 1. The number of primary amides is 1. The van der Waals surface area contributed by atoms with Crippen LogP contribution in [0, 0.1) is 0 Å². The number of rotatable bonds is 6. The highest BCUT2D eigenvalue weighted by Gasteiger charge is 2.10. The van der Waals surface area contributed by atoms with Gasteiger partial charge in [-0.1, -0.05) is 11.8 Å². The van der Waals surface area contributed by atoms with Crippen LogP contribution in [0.3, 0.4) is 0 Å².